The molecule has 4 rings (SSSR count). The highest BCUT2D eigenvalue weighted by molar-refractivity contribution is 5.82. The first-order chi connectivity index (χ1) is 17.2. The molecule has 0 spiro atoms. The zero-order valence-electron chi connectivity index (χ0n) is 19.9. The summed E-state index contributed by atoms with van der Waals surface area (Å²) in [5.41, 5.74) is 3.90. The molecule has 2 aromatic carbocycles. The van der Waals surface area contributed by atoms with Gasteiger partial charge in [-0.25, -0.2) is 0 Å². The molecule has 1 aliphatic rings. The average Bonchev–Trinajstić information content (AvgIpc) is 2.89. The highest BCUT2D eigenvalue weighted by atomic mass is 16.2. The zero-order chi connectivity index (χ0) is 24.3. The fourth-order valence-corrected chi connectivity index (χ4v) is 4.15. The van der Waals surface area contributed by atoms with E-state index in [2.05, 4.69) is 21.3 Å². The van der Waals surface area contributed by atoms with E-state index in [0.717, 1.165) is 22.5 Å². The summed E-state index contributed by atoms with van der Waals surface area (Å²) in [6.45, 7) is 1.95. The van der Waals surface area contributed by atoms with Crippen LogP contribution in [0.25, 0.3) is 0 Å². The van der Waals surface area contributed by atoms with Crippen LogP contribution >= 0.6 is 0 Å². The van der Waals surface area contributed by atoms with E-state index in [4.69, 9.17) is 4.98 Å². The molecular formula is C28H33N5O2. The zero-order valence-corrected chi connectivity index (χ0v) is 19.9. The van der Waals surface area contributed by atoms with E-state index in [1.165, 1.54) is 0 Å². The van der Waals surface area contributed by atoms with Crippen molar-refractivity contribution in [1.29, 1.82) is 0 Å². The van der Waals surface area contributed by atoms with Gasteiger partial charge < -0.3 is 10.6 Å². The SMILES string of the molecule is O=C1NCCCNC(=O)[C@H](Cc2ccccc2)NCc2cccc(n2)CNC1Cc1ccccc1. The lowest BCUT2D eigenvalue weighted by Crippen LogP contribution is -2.47. The van der Waals surface area contributed by atoms with Gasteiger partial charge in [0.05, 0.1) is 23.5 Å². The number of hydrogen-bond donors (Lipinski definition) is 4. The van der Waals surface area contributed by atoms with Crippen LogP contribution in [-0.4, -0.2) is 42.0 Å². The number of hydrogen-bond acceptors (Lipinski definition) is 5. The summed E-state index contributed by atoms with van der Waals surface area (Å²) < 4.78 is 0. The average molecular weight is 472 g/mol. The lowest BCUT2D eigenvalue weighted by Gasteiger charge is -2.21. The Morgan fingerprint density at radius 3 is 1.54 bits per heavy atom. The number of nitrogens with zero attached hydrogens (tertiary/aromatic N) is 1. The van der Waals surface area contributed by atoms with Crippen LogP contribution in [0.1, 0.15) is 28.9 Å². The summed E-state index contributed by atoms with van der Waals surface area (Å²) in [7, 11) is 0. The molecule has 7 heteroatoms. The monoisotopic (exact) mass is 471 g/mol. The Kier molecular flexibility index (Phi) is 8.98. The van der Waals surface area contributed by atoms with Gasteiger partial charge in [-0.05, 0) is 42.5 Å². The standard InChI is InChI=1S/C28H33N5O2/c34-27-25(17-21-9-3-1-4-10-21)31-19-23-13-7-14-24(33-23)20-32-26(18-22-11-5-2-6-12-22)28(35)30-16-8-15-29-27/h1-7,9-14,25-26,31-32H,8,15-20H2,(H,29,34)(H,30,35)/t25-,26?/m0/s1. The van der Waals surface area contributed by atoms with Crippen molar-refractivity contribution < 1.29 is 9.59 Å². The summed E-state index contributed by atoms with van der Waals surface area (Å²) >= 11 is 0. The highest BCUT2D eigenvalue weighted by Gasteiger charge is 2.21. The molecule has 0 fully saturated rings. The topological polar surface area (TPSA) is 95.2 Å². The quantitative estimate of drug-likeness (QED) is 0.468. The van der Waals surface area contributed by atoms with Crippen molar-refractivity contribution in [3.8, 4) is 0 Å². The van der Waals surface area contributed by atoms with Crippen molar-refractivity contribution in [3.05, 3.63) is 101 Å². The van der Waals surface area contributed by atoms with Crippen LogP contribution in [0.3, 0.4) is 0 Å². The Bertz CT molecular complexity index is 1010. The Morgan fingerprint density at radius 2 is 1.09 bits per heavy atom. The first-order valence-corrected chi connectivity index (χ1v) is 12.2. The molecule has 0 saturated carbocycles. The lowest BCUT2D eigenvalue weighted by atomic mass is 10.0. The van der Waals surface area contributed by atoms with E-state index >= 15 is 0 Å². The molecule has 3 aromatic rings. The van der Waals surface area contributed by atoms with Crippen molar-refractivity contribution in [1.82, 2.24) is 26.3 Å². The number of aromatic nitrogens is 1. The minimum Gasteiger partial charge on any atom is -0.355 e. The smallest absolute Gasteiger partial charge is 0.237 e. The van der Waals surface area contributed by atoms with Gasteiger partial charge >= 0.3 is 0 Å². The molecule has 0 aliphatic carbocycles. The molecule has 1 unspecified atom stereocenters. The van der Waals surface area contributed by atoms with E-state index in [1.807, 2.05) is 78.9 Å². The van der Waals surface area contributed by atoms with Crippen LogP contribution in [-0.2, 0) is 35.5 Å². The van der Waals surface area contributed by atoms with Gasteiger partial charge in [0.1, 0.15) is 0 Å². The van der Waals surface area contributed by atoms with E-state index in [-0.39, 0.29) is 23.9 Å². The third-order valence-electron chi connectivity index (χ3n) is 6.07. The van der Waals surface area contributed by atoms with Crippen molar-refractivity contribution >= 4 is 11.8 Å². The number of fused-ring (bicyclic) bond motifs is 2. The molecular weight excluding hydrogens is 438 g/mol. The van der Waals surface area contributed by atoms with Crippen LogP contribution < -0.4 is 21.3 Å². The van der Waals surface area contributed by atoms with E-state index < -0.39 is 0 Å². The molecule has 4 N–H and O–H groups in total. The second kappa shape index (κ2) is 12.8. The van der Waals surface area contributed by atoms with Crippen molar-refractivity contribution in [2.75, 3.05) is 13.1 Å². The summed E-state index contributed by atoms with van der Waals surface area (Å²) in [6.07, 6.45) is 1.84. The van der Waals surface area contributed by atoms with Crippen LogP contribution in [0.15, 0.2) is 78.9 Å². The second-order valence-corrected chi connectivity index (χ2v) is 8.80. The predicted molar refractivity (Wildman–Crippen MR) is 136 cm³/mol. The van der Waals surface area contributed by atoms with Crippen molar-refractivity contribution in [2.24, 2.45) is 0 Å². The molecule has 7 nitrogen and oxygen atoms in total. The summed E-state index contributed by atoms with van der Waals surface area (Å²) in [5, 5.41) is 12.8. The van der Waals surface area contributed by atoms with Gasteiger partial charge in [-0.2, -0.15) is 0 Å². The normalized spacial score (nSPS) is 20.0. The van der Waals surface area contributed by atoms with Crippen LogP contribution in [0.5, 0.6) is 0 Å². The Balaban J connectivity index is 1.48. The number of pyridine rings is 1. The van der Waals surface area contributed by atoms with E-state index in [1.54, 1.807) is 0 Å². The largest absolute Gasteiger partial charge is 0.355 e. The maximum atomic E-state index is 13.0. The molecule has 35 heavy (non-hydrogen) atoms. The number of carbonyl (C=O) groups is 2. The Labute approximate surface area is 206 Å². The molecule has 0 radical (unpaired) electrons. The fraction of sp³-hybridized carbons (Fsp3) is 0.321. The molecule has 0 saturated heterocycles. The molecule has 1 aromatic heterocycles. The Hall–Kier alpha value is -3.55. The highest BCUT2D eigenvalue weighted by Crippen LogP contribution is 2.08. The fourth-order valence-electron chi connectivity index (χ4n) is 4.15. The predicted octanol–water partition coefficient (Wildman–Crippen LogP) is 2.12. The maximum absolute atomic E-state index is 13.0. The van der Waals surface area contributed by atoms with Gasteiger partial charge in [0.2, 0.25) is 11.8 Å². The lowest BCUT2D eigenvalue weighted by molar-refractivity contribution is -0.123. The number of nitrogens with one attached hydrogen (secondary N) is 4. The minimum atomic E-state index is -0.376. The molecule has 2 heterocycles. The first-order valence-electron chi connectivity index (χ1n) is 12.2. The summed E-state index contributed by atoms with van der Waals surface area (Å²) in [5.74, 6) is -0.0981. The third-order valence-corrected chi connectivity index (χ3v) is 6.07. The van der Waals surface area contributed by atoms with Gasteiger partial charge in [-0.3, -0.25) is 25.2 Å². The molecule has 1 aliphatic heterocycles. The van der Waals surface area contributed by atoms with E-state index in [0.29, 0.717) is 45.4 Å². The molecule has 182 valence electrons. The van der Waals surface area contributed by atoms with Gasteiger partial charge in [0, 0.05) is 26.2 Å². The van der Waals surface area contributed by atoms with Gasteiger partial charge in [0.25, 0.3) is 0 Å². The van der Waals surface area contributed by atoms with Crippen LogP contribution in [0.2, 0.25) is 0 Å². The number of benzene rings is 2. The number of amides is 2. The number of rotatable bonds is 4. The van der Waals surface area contributed by atoms with Gasteiger partial charge in [0.15, 0.2) is 0 Å². The van der Waals surface area contributed by atoms with Gasteiger partial charge in [-0.1, -0.05) is 66.7 Å². The van der Waals surface area contributed by atoms with Crippen LogP contribution in [0.4, 0.5) is 0 Å². The van der Waals surface area contributed by atoms with E-state index in [9.17, 15) is 9.59 Å². The van der Waals surface area contributed by atoms with Gasteiger partial charge in [-0.15, -0.1) is 0 Å². The third kappa shape index (κ3) is 7.73. The van der Waals surface area contributed by atoms with Crippen molar-refractivity contribution in [3.63, 3.8) is 0 Å². The Morgan fingerprint density at radius 1 is 0.629 bits per heavy atom. The molecule has 2 bridgehead atoms. The van der Waals surface area contributed by atoms with Crippen LogP contribution in [0, 0.1) is 0 Å². The second-order valence-electron chi connectivity index (χ2n) is 8.80. The number of carbonyl (C=O) groups excluding carboxylic acids is 2. The maximum Gasteiger partial charge on any atom is 0.237 e. The summed E-state index contributed by atoms with van der Waals surface area (Å²) in [6, 6.07) is 25.1. The van der Waals surface area contributed by atoms with Crippen molar-refractivity contribution in [2.45, 2.75) is 44.4 Å². The first kappa shape index (κ1) is 24.6. The minimum absolute atomic E-state index is 0.0490. The molecule has 2 atom stereocenters. The summed E-state index contributed by atoms with van der Waals surface area (Å²) in [4.78, 5) is 30.7. The molecule has 2 amide bonds.